The number of aromatic nitrogens is 2. The summed E-state index contributed by atoms with van der Waals surface area (Å²) in [5.41, 5.74) is 2.49. The maximum Gasteiger partial charge on any atom is 0.141 e. The molecule has 1 aliphatic heterocycles. The van der Waals surface area contributed by atoms with Crippen molar-refractivity contribution in [1.82, 2.24) is 14.7 Å². The van der Waals surface area contributed by atoms with Gasteiger partial charge in [0, 0.05) is 12.2 Å². The number of fused-ring (bicyclic) bond motifs is 1. The molecule has 1 atom stereocenters. The van der Waals surface area contributed by atoms with E-state index in [1.54, 1.807) is 24.3 Å². The van der Waals surface area contributed by atoms with Crippen LogP contribution in [0.1, 0.15) is 35.0 Å². The lowest BCUT2D eigenvalue weighted by molar-refractivity contribution is 0.626. The lowest BCUT2D eigenvalue weighted by Crippen LogP contribution is -2.08. The fraction of sp³-hybridized carbons (Fsp3) is 0.200. The quantitative estimate of drug-likeness (QED) is 0.514. The van der Waals surface area contributed by atoms with Crippen LogP contribution in [0, 0.1) is 11.6 Å². The van der Waals surface area contributed by atoms with Crippen LogP contribution in [0.15, 0.2) is 41.4 Å². The van der Waals surface area contributed by atoms with Gasteiger partial charge >= 0.3 is 0 Å². The van der Waals surface area contributed by atoms with Crippen LogP contribution in [0.3, 0.4) is 0 Å². The molecule has 1 aromatic heterocycles. The van der Waals surface area contributed by atoms with E-state index >= 15 is 0 Å². The standard InChI is InChI=1S/C20H17Cl2F2N3S/c1-28-20-17(3-2-8-25-28)26-19(27-20)18(11-4-6-15(23)13(21)9-11)12-5-7-16(24)14(22)10-12/h4-7,9-10,18,25H,1-3,8H2,(H,26,27). The molecule has 2 heterocycles. The van der Waals surface area contributed by atoms with Gasteiger partial charge in [0.1, 0.15) is 22.5 Å². The first-order valence-corrected chi connectivity index (χ1v) is 10.8. The van der Waals surface area contributed by atoms with Gasteiger partial charge in [-0.3, -0.25) is 4.72 Å². The number of hydrogen-bond acceptors (Lipinski definition) is 2. The lowest BCUT2D eigenvalue weighted by Gasteiger charge is -2.17. The average molecular weight is 440 g/mol. The Morgan fingerprint density at radius 3 is 2.21 bits per heavy atom. The minimum Gasteiger partial charge on any atom is -0.344 e. The second-order valence-electron chi connectivity index (χ2n) is 6.57. The van der Waals surface area contributed by atoms with E-state index in [4.69, 9.17) is 28.2 Å². The van der Waals surface area contributed by atoms with Gasteiger partial charge in [-0.15, -0.1) is 0 Å². The Bertz CT molecular complexity index is 1020. The van der Waals surface area contributed by atoms with Crippen molar-refractivity contribution >= 4 is 39.7 Å². The molecule has 0 amide bonds. The normalized spacial score (nSPS) is 16.8. The maximum atomic E-state index is 13.7. The summed E-state index contributed by atoms with van der Waals surface area (Å²) in [4.78, 5) is 8.22. The molecule has 0 fully saturated rings. The second-order valence-corrected chi connectivity index (χ2v) is 8.85. The number of halogens is 4. The molecule has 8 heteroatoms. The van der Waals surface area contributed by atoms with Crippen LogP contribution >= 0.6 is 33.9 Å². The number of imidazole rings is 1. The van der Waals surface area contributed by atoms with Crippen LogP contribution in [0.25, 0.3) is 0 Å². The van der Waals surface area contributed by atoms with Crippen molar-refractivity contribution in [1.29, 1.82) is 0 Å². The molecule has 146 valence electrons. The Morgan fingerprint density at radius 1 is 1.04 bits per heavy atom. The van der Waals surface area contributed by atoms with Gasteiger partial charge in [-0.25, -0.2) is 13.8 Å². The van der Waals surface area contributed by atoms with Crippen LogP contribution in [-0.2, 0) is 6.42 Å². The molecule has 3 nitrogen and oxygen atoms in total. The fourth-order valence-electron chi connectivity index (χ4n) is 3.34. The Kier molecular flexibility index (Phi) is 5.56. The van der Waals surface area contributed by atoms with Crippen molar-refractivity contribution in [2.24, 2.45) is 0 Å². The highest BCUT2D eigenvalue weighted by atomic mass is 35.5. The summed E-state index contributed by atoms with van der Waals surface area (Å²) >= 11 is 12.0. The van der Waals surface area contributed by atoms with Gasteiger partial charge in [0.05, 0.1) is 16.0 Å². The van der Waals surface area contributed by atoms with Crippen LogP contribution in [-0.4, -0.2) is 22.4 Å². The van der Waals surface area contributed by atoms with Gasteiger partial charge in [0.15, 0.2) is 0 Å². The summed E-state index contributed by atoms with van der Waals surface area (Å²) in [5.74, 6) is 3.43. The number of aromatic amines is 1. The van der Waals surface area contributed by atoms with Crippen molar-refractivity contribution in [3.05, 3.63) is 80.7 Å². The average Bonchev–Trinajstić information content (AvgIpc) is 3.00. The van der Waals surface area contributed by atoms with E-state index in [1.807, 2.05) is 0 Å². The highest BCUT2D eigenvalue weighted by molar-refractivity contribution is 8.12. The first-order valence-electron chi connectivity index (χ1n) is 8.70. The molecule has 0 spiro atoms. The van der Waals surface area contributed by atoms with Gasteiger partial charge < -0.3 is 4.98 Å². The van der Waals surface area contributed by atoms with E-state index < -0.39 is 28.2 Å². The molecule has 0 saturated carbocycles. The van der Waals surface area contributed by atoms with Gasteiger partial charge in [-0.2, -0.15) is 0 Å². The summed E-state index contributed by atoms with van der Waals surface area (Å²) in [7, 11) is -0.422. The molecule has 0 radical (unpaired) electrons. The number of rotatable bonds is 3. The number of benzene rings is 2. The first-order chi connectivity index (χ1) is 13.4. The first kappa shape index (κ1) is 19.6. The van der Waals surface area contributed by atoms with Crippen molar-refractivity contribution in [2.75, 3.05) is 6.54 Å². The highest BCUT2D eigenvalue weighted by Crippen LogP contribution is 2.37. The third-order valence-electron chi connectivity index (χ3n) is 4.70. The topological polar surface area (TPSA) is 40.7 Å². The van der Waals surface area contributed by atoms with Gasteiger partial charge in [0.2, 0.25) is 0 Å². The molecule has 4 rings (SSSR count). The summed E-state index contributed by atoms with van der Waals surface area (Å²) < 4.78 is 30.8. The zero-order chi connectivity index (χ0) is 19.8. The van der Waals surface area contributed by atoms with E-state index in [9.17, 15) is 8.78 Å². The molecule has 1 unspecified atom stereocenters. The molecule has 2 N–H and O–H groups in total. The van der Waals surface area contributed by atoms with E-state index in [0.717, 1.165) is 41.2 Å². The lowest BCUT2D eigenvalue weighted by atomic mass is 9.90. The molecule has 2 aromatic carbocycles. The Hall–Kier alpha value is -1.73. The zero-order valence-electron chi connectivity index (χ0n) is 14.7. The predicted octanol–water partition coefficient (Wildman–Crippen LogP) is 5.69. The monoisotopic (exact) mass is 439 g/mol. The van der Waals surface area contributed by atoms with Crippen molar-refractivity contribution in [2.45, 2.75) is 23.8 Å². The molecular formula is C20H17Cl2F2N3S. The van der Waals surface area contributed by atoms with Crippen LogP contribution < -0.4 is 4.72 Å². The molecule has 0 aliphatic carbocycles. The highest BCUT2D eigenvalue weighted by Gasteiger charge is 2.25. The summed E-state index contributed by atoms with van der Waals surface area (Å²) in [5, 5.41) is 0.920. The number of nitrogens with one attached hydrogen (secondary N) is 2. The third kappa shape index (κ3) is 3.74. The number of hydrogen-bond donors (Lipinski definition) is 2. The Balaban J connectivity index is 1.88. The van der Waals surface area contributed by atoms with E-state index in [2.05, 4.69) is 15.6 Å². The summed E-state index contributed by atoms with van der Waals surface area (Å²) in [6.45, 7) is 0.886. The zero-order valence-corrected chi connectivity index (χ0v) is 17.1. The molecular weight excluding hydrogens is 423 g/mol. The smallest absolute Gasteiger partial charge is 0.141 e. The van der Waals surface area contributed by atoms with Crippen molar-refractivity contribution in [3.63, 3.8) is 0 Å². The third-order valence-corrected chi connectivity index (χ3v) is 6.64. The molecule has 0 bridgehead atoms. The van der Waals surface area contributed by atoms with Crippen LogP contribution in [0.2, 0.25) is 10.0 Å². The Morgan fingerprint density at radius 2 is 1.64 bits per heavy atom. The van der Waals surface area contributed by atoms with Gasteiger partial charge in [0.25, 0.3) is 0 Å². The molecule has 0 saturated heterocycles. The summed E-state index contributed by atoms with van der Waals surface area (Å²) in [6, 6.07) is 9.07. The predicted molar refractivity (Wildman–Crippen MR) is 112 cm³/mol. The molecule has 28 heavy (non-hydrogen) atoms. The van der Waals surface area contributed by atoms with Crippen molar-refractivity contribution in [3.8, 4) is 0 Å². The molecule has 3 aromatic rings. The number of aryl methyl sites for hydroxylation is 1. The molecule has 1 aliphatic rings. The van der Waals surface area contributed by atoms with E-state index in [-0.39, 0.29) is 10.0 Å². The second kappa shape index (κ2) is 7.95. The number of nitrogens with zero attached hydrogens (tertiary/aromatic N) is 1. The van der Waals surface area contributed by atoms with Crippen molar-refractivity contribution < 1.29 is 8.78 Å². The minimum atomic E-state index is -0.500. The van der Waals surface area contributed by atoms with Crippen LogP contribution in [0.5, 0.6) is 0 Å². The maximum absolute atomic E-state index is 13.7. The van der Waals surface area contributed by atoms with Gasteiger partial charge in [-0.1, -0.05) is 51.9 Å². The minimum absolute atomic E-state index is 0.0161. The fourth-order valence-corrected chi connectivity index (χ4v) is 4.91. The SMILES string of the molecule is C=S1NCCCc2[nH]c(C(c3ccc(F)c(Cl)c3)c3ccc(F)c(Cl)c3)nc21. The van der Waals surface area contributed by atoms with E-state index in [0.29, 0.717) is 5.82 Å². The number of H-pyrrole nitrogens is 1. The van der Waals surface area contributed by atoms with Crippen LogP contribution in [0.4, 0.5) is 8.78 Å². The van der Waals surface area contributed by atoms with E-state index in [1.165, 1.54) is 12.1 Å². The summed E-state index contributed by atoms with van der Waals surface area (Å²) in [6.07, 6.45) is 1.83. The largest absolute Gasteiger partial charge is 0.344 e. The Labute approximate surface area is 174 Å². The van der Waals surface area contributed by atoms with Gasteiger partial charge in [-0.05, 0) is 48.2 Å².